The van der Waals surface area contributed by atoms with Gasteiger partial charge in [0.05, 0.1) is 11.9 Å². The van der Waals surface area contributed by atoms with Crippen molar-refractivity contribution < 1.29 is 10.6 Å². The van der Waals surface area contributed by atoms with Crippen molar-refractivity contribution in [2.24, 2.45) is 0 Å². The molecule has 0 bridgehead atoms. The van der Waals surface area contributed by atoms with Gasteiger partial charge < -0.3 is 10.4 Å². The predicted octanol–water partition coefficient (Wildman–Crippen LogP) is 4.30. The third kappa shape index (κ3) is 3.23. The van der Waals surface area contributed by atoms with Gasteiger partial charge in [-0.1, -0.05) is 23.2 Å². The smallest absolute Gasteiger partial charge is 0.134 e. The van der Waals surface area contributed by atoms with Gasteiger partial charge in [-0.2, -0.15) is 0 Å². The van der Waals surface area contributed by atoms with Gasteiger partial charge in [0.1, 0.15) is 5.75 Å². The number of hydrogen-bond acceptors (Lipinski definition) is 3. The standard InChI is InChI=1S/C19H19ClN2O.BrH/c20-15-3-4-17-13(9-15)1-2-14-10-16(23)11-22-19(14)18(17)12-5-7-21-8-6-12;/h3-4,9-11,21,23H,1-2,5-8H2;1H/i5D,6D,7D,8D;. The molecule has 24 heavy (non-hydrogen) atoms. The van der Waals surface area contributed by atoms with E-state index >= 15 is 0 Å². The second kappa shape index (κ2) is 7.26. The van der Waals surface area contributed by atoms with Crippen LogP contribution in [0.25, 0.3) is 5.57 Å². The van der Waals surface area contributed by atoms with E-state index in [1.807, 2.05) is 12.1 Å². The monoisotopic (exact) mass is 410 g/mol. The Kier molecular flexibility index (Phi) is 3.91. The van der Waals surface area contributed by atoms with Crippen LogP contribution in [0.15, 0.2) is 36.0 Å². The number of benzene rings is 1. The van der Waals surface area contributed by atoms with Crippen molar-refractivity contribution in [2.45, 2.75) is 25.6 Å². The van der Waals surface area contributed by atoms with Gasteiger partial charge in [-0.3, -0.25) is 4.98 Å². The number of halogens is 2. The topological polar surface area (TPSA) is 45.1 Å². The zero-order valence-corrected chi connectivity index (χ0v) is 15.3. The minimum atomic E-state index is -0.991. The highest BCUT2D eigenvalue weighted by atomic mass is 79.9. The van der Waals surface area contributed by atoms with Crippen LogP contribution in [0.5, 0.6) is 5.75 Å². The third-order valence-electron chi connectivity index (χ3n) is 4.20. The van der Waals surface area contributed by atoms with Crippen LogP contribution in [0.2, 0.25) is 5.02 Å². The lowest BCUT2D eigenvalue weighted by atomic mass is 9.89. The lowest BCUT2D eigenvalue weighted by Crippen LogP contribution is -2.24. The van der Waals surface area contributed by atoms with Gasteiger partial charge in [0.2, 0.25) is 0 Å². The lowest BCUT2D eigenvalue weighted by Gasteiger charge is -2.21. The van der Waals surface area contributed by atoms with Gasteiger partial charge in [-0.15, -0.1) is 17.0 Å². The molecule has 1 aromatic heterocycles. The normalized spacial score (nSPS) is 31.4. The second-order valence-electron chi connectivity index (χ2n) is 5.67. The number of pyridine rings is 1. The molecule has 1 aliphatic heterocycles. The third-order valence-corrected chi connectivity index (χ3v) is 4.43. The van der Waals surface area contributed by atoms with Crippen molar-refractivity contribution in [3.05, 3.63) is 63.4 Å². The fraction of sp³-hybridized carbons (Fsp3) is 0.316. The first-order chi connectivity index (χ1) is 12.9. The number of fused-ring (bicyclic) bond motifs is 2. The zero-order valence-electron chi connectivity index (χ0n) is 16.8. The number of nitrogens with zero attached hydrogens (tertiary/aromatic N) is 1. The quantitative estimate of drug-likeness (QED) is 0.679. The summed E-state index contributed by atoms with van der Waals surface area (Å²) in [4.78, 5) is 4.43. The highest BCUT2D eigenvalue weighted by Gasteiger charge is 2.23. The summed E-state index contributed by atoms with van der Waals surface area (Å²) in [6, 6.07) is 7.16. The molecular formula is C19H20BrClN2O. The predicted molar refractivity (Wildman–Crippen MR) is 103 cm³/mol. The first-order valence-electron chi connectivity index (χ1n) is 9.84. The van der Waals surface area contributed by atoms with Crippen LogP contribution in [0, 0.1) is 0 Å². The van der Waals surface area contributed by atoms with E-state index in [-0.39, 0.29) is 22.7 Å². The summed E-state index contributed by atoms with van der Waals surface area (Å²) in [6.07, 6.45) is 0.695. The molecule has 4 rings (SSSR count). The summed E-state index contributed by atoms with van der Waals surface area (Å²) < 4.78 is 33.3. The highest BCUT2D eigenvalue weighted by Crippen LogP contribution is 2.38. The van der Waals surface area contributed by atoms with Crippen LogP contribution < -0.4 is 5.32 Å². The number of nitrogens with one attached hydrogen (secondary N) is 1. The summed E-state index contributed by atoms with van der Waals surface area (Å²) in [5.41, 5.74) is 4.29. The maximum Gasteiger partial charge on any atom is 0.134 e. The minimum absolute atomic E-state index is 0. The molecule has 2 heterocycles. The molecule has 3 nitrogen and oxygen atoms in total. The molecule has 126 valence electrons. The molecule has 0 amide bonds. The molecule has 0 radical (unpaired) electrons. The van der Waals surface area contributed by atoms with E-state index in [1.54, 1.807) is 12.1 Å². The maximum atomic E-state index is 9.88. The van der Waals surface area contributed by atoms with Crippen molar-refractivity contribution in [1.29, 1.82) is 0 Å². The number of aryl methyl sites for hydroxylation is 2. The van der Waals surface area contributed by atoms with Gasteiger partial charge in [-0.05, 0) is 73.6 Å². The molecule has 2 N–H and O–H groups in total. The largest absolute Gasteiger partial charge is 0.506 e. The molecule has 1 fully saturated rings. The van der Waals surface area contributed by atoms with Crippen molar-refractivity contribution in [2.75, 3.05) is 13.0 Å². The molecule has 1 aliphatic carbocycles. The summed E-state index contributed by atoms with van der Waals surface area (Å²) in [6.45, 7) is -1.98. The molecule has 0 spiro atoms. The molecular weight excluding hydrogens is 388 g/mol. The molecule has 4 atom stereocenters. The number of aromatic nitrogens is 1. The summed E-state index contributed by atoms with van der Waals surface area (Å²) in [5, 5.41) is 13.2. The highest BCUT2D eigenvalue weighted by molar-refractivity contribution is 8.93. The molecule has 0 saturated carbocycles. The number of aromatic hydroxyl groups is 1. The van der Waals surface area contributed by atoms with Crippen LogP contribution in [-0.4, -0.2) is 23.1 Å². The summed E-state index contributed by atoms with van der Waals surface area (Å²) in [7, 11) is 0. The van der Waals surface area contributed by atoms with Gasteiger partial charge in [0.15, 0.2) is 0 Å². The van der Waals surface area contributed by atoms with E-state index in [0.717, 1.165) is 16.7 Å². The van der Waals surface area contributed by atoms with Crippen molar-refractivity contribution in [3.8, 4) is 5.75 Å². The fourth-order valence-corrected chi connectivity index (χ4v) is 3.36. The Morgan fingerprint density at radius 3 is 2.67 bits per heavy atom. The molecule has 5 heteroatoms. The Labute approximate surface area is 163 Å². The molecule has 2 aliphatic rings. The SMILES string of the molecule is Br.[2H]C1NC([2H])C([2H])C(=C2c3ccc(Cl)cc3CCc3cc(O)cnc32)C1[2H]. The Morgan fingerprint density at radius 1 is 1.12 bits per heavy atom. The minimum Gasteiger partial charge on any atom is -0.506 e. The van der Waals surface area contributed by atoms with Gasteiger partial charge in [-0.25, -0.2) is 0 Å². The first-order valence-corrected chi connectivity index (χ1v) is 7.90. The van der Waals surface area contributed by atoms with Gasteiger partial charge in [0, 0.05) is 16.1 Å². The average molecular weight is 412 g/mol. The van der Waals surface area contributed by atoms with Crippen molar-refractivity contribution in [3.63, 3.8) is 0 Å². The molecule has 4 unspecified atom stereocenters. The van der Waals surface area contributed by atoms with Crippen molar-refractivity contribution >= 4 is 34.2 Å². The summed E-state index contributed by atoms with van der Waals surface area (Å²) in [5.74, 6) is 0.0639. The number of piperidine rings is 1. The van der Waals surface area contributed by atoms with Crippen LogP contribution in [-0.2, 0) is 12.8 Å². The lowest BCUT2D eigenvalue weighted by molar-refractivity contribution is 0.471. The van der Waals surface area contributed by atoms with E-state index in [1.165, 1.54) is 6.20 Å². The Balaban J connectivity index is 0.00000225. The van der Waals surface area contributed by atoms with Gasteiger partial charge >= 0.3 is 0 Å². The van der Waals surface area contributed by atoms with Crippen LogP contribution >= 0.6 is 28.6 Å². The van der Waals surface area contributed by atoms with E-state index in [0.29, 0.717) is 34.7 Å². The summed E-state index contributed by atoms with van der Waals surface area (Å²) >= 11 is 6.19. The first kappa shape index (κ1) is 12.9. The fourth-order valence-electron chi connectivity index (χ4n) is 3.17. The second-order valence-corrected chi connectivity index (χ2v) is 6.10. The van der Waals surface area contributed by atoms with E-state index < -0.39 is 25.8 Å². The van der Waals surface area contributed by atoms with Crippen molar-refractivity contribution in [1.82, 2.24) is 10.3 Å². The maximum absolute atomic E-state index is 9.88. The van der Waals surface area contributed by atoms with Crippen LogP contribution in [0.4, 0.5) is 0 Å². The molecule has 1 saturated heterocycles. The Bertz CT molecular complexity index is 871. The van der Waals surface area contributed by atoms with Gasteiger partial charge in [0.25, 0.3) is 0 Å². The van der Waals surface area contributed by atoms with Crippen LogP contribution in [0.1, 0.15) is 40.7 Å². The number of hydrogen-bond donors (Lipinski definition) is 2. The zero-order chi connectivity index (χ0) is 19.3. The Morgan fingerprint density at radius 2 is 1.88 bits per heavy atom. The molecule has 2 aromatic rings. The van der Waals surface area contributed by atoms with E-state index in [2.05, 4.69) is 10.3 Å². The number of rotatable bonds is 0. The average Bonchev–Trinajstić information content (AvgIpc) is 2.77. The van der Waals surface area contributed by atoms with E-state index in [4.69, 9.17) is 17.1 Å². The van der Waals surface area contributed by atoms with Crippen LogP contribution in [0.3, 0.4) is 0 Å². The molecule has 1 aromatic carbocycles. The Hall–Kier alpha value is -1.36. The van der Waals surface area contributed by atoms with E-state index in [9.17, 15) is 5.11 Å².